The van der Waals surface area contributed by atoms with E-state index in [0.717, 1.165) is 26.9 Å². The molecule has 0 aliphatic carbocycles. The van der Waals surface area contributed by atoms with Gasteiger partial charge in [-0.1, -0.05) is 41.1 Å². The first-order valence-corrected chi connectivity index (χ1v) is 11.5. The lowest BCUT2D eigenvalue weighted by molar-refractivity contribution is -0.136. The Kier molecular flexibility index (Phi) is 7.14. The highest BCUT2D eigenvalue weighted by atomic mass is 35.5. The van der Waals surface area contributed by atoms with E-state index in [1.807, 2.05) is 0 Å². The van der Waals surface area contributed by atoms with Crippen LogP contribution in [0, 0.1) is 5.82 Å². The zero-order valence-corrected chi connectivity index (χ0v) is 19.5. The molecule has 0 aliphatic heterocycles. The van der Waals surface area contributed by atoms with Crippen LogP contribution in [0.5, 0.6) is 5.75 Å². The molecule has 0 bridgehead atoms. The largest absolute Gasteiger partial charge is 0.494 e. The molecule has 1 heterocycles. The molecule has 0 fully saturated rings. The normalized spacial score (nSPS) is 12.0. The number of aliphatic carboxylic acids is 1. The van der Waals surface area contributed by atoms with E-state index in [9.17, 15) is 19.1 Å². The summed E-state index contributed by atoms with van der Waals surface area (Å²) in [6.45, 7) is 0.0696. The van der Waals surface area contributed by atoms with E-state index in [1.54, 1.807) is 54.6 Å². The summed E-state index contributed by atoms with van der Waals surface area (Å²) in [5.74, 6) is -1.30. The van der Waals surface area contributed by atoms with E-state index in [0.29, 0.717) is 11.1 Å². The van der Waals surface area contributed by atoms with Crippen molar-refractivity contribution in [1.82, 2.24) is 15.0 Å². The van der Waals surface area contributed by atoms with Gasteiger partial charge in [-0.2, -0.15) is 0 Å². The van der Waals surface area contributed by atoms with Gasteiger partial charge in [0.05, 0.1) is 17.5 Å². The first-order valence-electron chi connectivity index (χ1n) is 10.2. The third kappa shape index (κ3) is 5.05. The van der Waals surface area contributed by atoms with Gasteiger partial charge in [-0.25, -0.2) is 9.07 Å². The molecule has 1 atom stereocenters. The maximum atomic E-state index is 14.0. The van der Waals surface area contributed by atoms with E-state index in [4.69, 9.17) is 16.3 Å². The second kappa shape index (κ2) is 10.2. The van der Waals surface area contributed by atoms with Gasteiger partial charge in [0.25, 0.3) is 5.56 Å². The number of rotatable bonds is 8. The average molecular weight is 500 g/mol. The van der Waals surface area contributed by atoms with Gasteiger partial charge < -0.3 is 9.84 Å². The van der Waals surface area contributed by atoms with E-state index in [2.05, 4.69) is 10.3 Å². The molecule has 0 radical (unpaired) electrons. The quantitative estimate of drug-likeness (QED) is 0.345. The maximum absolute atomic E-state index is 14.0. The number of thioether (sulfide) groups is 1. The first-order chi connectivity index (χ1) is 16.4. The number of carboxylic acid groups (broad SMARTS) is 1. The molecule has 0 amide bonds. The summed E-state index contributed by atoms with van der Waals surface area (Å²) in [5, 5.41) is 17.3. The van der Waals surface area contributed by atoms with Crippen molar-refractivity contribution in [2.75, 3.05) is 7.11 Å². The average Bonchev–Trinajstić information content (AvgIpc) is 2.83. The number of hydrogen-bond acceptors (Lipinski definition) is 6. The number of methoxy groups -OCH3 is 1. The Morgan fingerprint density at radius 3 is 2.59 bits per heavy atom. The number of hydrogen-bond donors (Lipinski definition) is 1. The lowest BCUT2D eigenvalue weighted by Crippen LogP contribution is -2.27. The van der Waals surface area contributed by atoms with Gasteiger partial charge in [0.1, 0.15) is 10.8 Å². The number of benzene rings is 3. The Labute approximate surface area is 203 Å². The number of carboxylic acids is 1. The standard InChI is InChI=1S/C24H19ClFN3O4S/c1-33-20-10-7-15(13-18(20)26)14-5-8-16(9-6-14)34-21(24(31)32)11-12-29-23(30)22-17(25)3-2-4-19(22)27-28-29/h2-10,13,21H,11-12H2,1H3,(H,31,32). The van der Waals surface area contributed by atoms with E-state index >= 15 is 0 Å². The number of halogens is 2. The third-order valence-electron chi connectivity index (χ3n) is 5.20. The summed E-state index contributed by atoms with van der Waals surface area (Å²) in [5.41, 5.74) is 1.43. The summed E-state index contributed by atoms with van der Waals surface area (Å²) in [7, 11) is 1.40. The second-order valence-corrected chi connectivity index (χ2v) is 9.04. The smallest absolute Gasteiger partial charge is 0.317 e. The molecule has 1 aromatic heterocycles. The van der Waals surface area contributed by atoms with Crippen LogP contribution in [-0.4, -0.2) is 38.4 Å². The monoisotopic (exact) mass is 499 g/mol. The summed E-state index contributed by atoms with van der Waals surface area (Å²) < 4.78 is 20.1. The lowest BCUT2D eigenvalue weighted by Gasteiger charge is -2.13. The van der Waals surface area contributed by atoms with Crippen molar-refractivity contribution in [2.24, 2.45) is 0 Å². The third-order valence-corrected chi connectivity index (χ3v) is 6.78. The SMILES string of the molecule is COc1ccc(-c2ccc(SC(CCn3nnc4cccc(Cl)c4c3=O)C(=O)O)cc2)cc1F. The Bertz CT molecular complexity index is 1410. The minimum atomic E-state index is -1.01. The number of carbonyl (C=O) groups is 1. The summed E-state index contributed by atoms with van der Waals surface area (Å²) in [6, 6.07) is 16.7. The number of ether oxygens (including phenoxy) is 1. The Morgan fingerprint density at radius 2 is 1.91 bits per heavy atom. The molecule has 4 aromatic rings. The van der Waals surface area contributed by atoms with Gasteiger partial charge in [0, 0.05) is 11.4 Å². The molecule has 7 nitrogen and oxygen atoms in total. The minimum Gasteiger partial charge on any atom is -0.494 e. The predicted octanol–water partition coefficient (Wildman–Crippen LogP) is 4.90. The van der Waals surface area contributed by atoms with Crippen molar-refractivity contribution in [1.29, 1.82) is 0 Å². The van der Waals surface area contributed by atoms with Crippen molar-refractivity contribution in [3.05, 3.63) is 81.9 Å². The number of fused-ring (bicyclic) bond motifs is 1. The zero-order chi connectivity index (χ0) is 24.2. The van der Waals surface area contributed by atoms with Crippen LogP contribution in [0.1, 0.15) is 6.42 Å². The number of nitrogens with zero attached hydrogens (tertiary/aromatic N) is 3. The lowest BCUT2D eigenvalue weighted by atomic mass is 10.1. The molecule has 1 N–H and O–H groups in total. The molecule has 0 saturated carbocycles. The van der Waals surface area contributed by atoms with E-state index < -0.39 is 22.6 Å². The van der Waals surface area contributed by atoms with E-state index in [1.165, 1.54) is 13.2 Å². The molecule has 0 saturated heterocycles. The molecule has 1 unspecified atom stereocenters. The van der Waals surface area contributed by atoms with Crippen LogP contribution in [0.3, 0.4) is 0 Å². The van der Waals surface area contributed by atoms with Crippen LogP contribution < -0.4 is 10.3 Å². The highest BCUT2D eigenvalue weighted by molar-refractivity contribution is 8.00. The molecular weight excluding hydrogens is 481 g/mol. The molecule has 4 rings (SSSR count). The van der Waals surface area contributed by atoms with Crippen molar-refractivity contribution < 1.29 is 19.0 Å². The molecule has 34 heavy (non-hydrogen) atoms. The van der Waals surface area contributed by atoms with Crippen molar-refractivity contribution in [3.63, 3.8) is 0 Å². The van der Waals surface area contributed by atoms with Crippen molar-refractivity contribution in [2.45, 2.75) is 23.1 Å². The zero-order valence-electron chi connectivity index (χ0n) is 17.9. The molecular formula is C24H19ClFN3O4S. The van der Waals surface area contributed by atoms with Crippen LogP contribution in [0.25, 0.3) is 22.0 Å². The van der Waals surface area contributed by atoms with Crippen LogP contribution >= 0.6 is 23.4 Å². The Morgan fingerprint density at radius 1 is 1.18 bits per heavy atom. The van der Waals surface area contributed by atoms with Crippen LogP contribution in [0.4, 0.5) is 4.39 Å². The summed E-state index contributed by atoms with van der Waals surface area (Å²) >= 11 is 7.29. The van der Waals surface area contributed by atoms with Crippen LogP contribution in [-0.2, 0) is 11.3 Å². The van der Waals surface area contributed by atoms with Gasteiger partial charge in [-0.05, 0) is 53.9 Å². The van der Waals surface area contributed by atoms with Crippen LogP contribution in [0.2, 0.25) is 5.02 Å². The summed E-state index contributed by atoms with van der Waals surface area (Å²) in [6.07, 6.45) is 0.149. The van der Waals surface area contributed by atoms with Crippen molar-refractivity contribution in [3.8, 4) is 16.9 Å². The van der Waals surface area contributed by atoms with Gasteiger partial charge >= 0.3 is 5.97 Å². The van der Waals surface area contributed by atoms with Gasteiger partial charge in [-0.3, -0.25) is 9.59 Å². The second-order valence-electron chi connectivity index (χ2n) is 7.36. The number of aromatic nitrogens is 3. The predicted molar refractivity (Wildman–Crippen MR) is 129 cm³/mol. The molecule has 3 aromatic carbocycles. The van der Waals surface area contributed by atoms with Crippen molar-refractivity contribution >= 4 is 40.2 Å². The fourth-order valence-electron chi connectivity index (χ4n) is 3.43. The van der Waals surface area contributed by atoms with Gasteiger partial charge in [-0.15, -0.1) is 16.9 Å². The molecule has 174 valence electrons. The Hall–Kier alpha value is -3.43. The highest BCUT2D eigenvalue weighted by Crippen LogP contribution is 2.30. The molecule has 10 heteroatoms. The molecule has 0 aliphatic rings. The fraction of sp³-hybridized carbons (Fsp3) is 0.167. The summed E-state index contributed by atoms with van der Waals surface area (Å²) in [4.78, 5) is 25.3. The molecule has 0 spiro atoms. The first kappa shape index (κ1) is 23.7. The van der Waals surface area contributed by atoms with Gasteiger partial charge in [0.2, 0.25) is 0 Å². The number of aryl methyl sites for hydroxylation is 1. The highest BCUT2D eigenvalue weighted by Gasteiger charge is 2.20. The topological polar surface area (TPSA) is 94.3 Å². The Balaban J connectivity index is 1.48. The van der Waals surface area contributed by atoms with E-state index in [-0.39, 0.29) is 29.1 Å². The van der Waals surface area contributed by atoms with Gasteiger partial charge in [0.15, 0.2) is 11.6 Å². The maximum Gasteiger partial charge on any atom is 0.317 e. The van der Waals surface area contributed by atoms with Crippen LogP contribution in [0.15, 0.2) is 70.4 Å². The minimum absolute atomic E-state index is 0.0696. The fourth-order valence-corrected chi connectivity index (χ4v) is 4.63.